The van der Waals surface area contributed by atoms with Crippen LogP contribution in [-0.2, 0) is 26.7 Å². The van der Waals surface area contributed by atoms with E-state index in [0.717, 1.165) is 18.5 Å². The lowest BCUT2D eigenvalue weighted by Crippen LogP contribution is -2.45. The van der Waals surface area contributed by atoms with Gasteiger partial charge in [-0.05, 0) is 49.2 Å². The number of nitrogens with two attached hydrogens (primary N) is 1. The maximum Gasteiger partial charge on any atom is 0.412 e. The molecule has 1 fully saturated rings. The van der Waals surface area contributed by atoms with Crippen LogP contribution in [0.25, 0.3) is 0 Å². The van der Waals surface area contributed by atoms with Gasteiger partial charge in [0.25, 0.3) is 10.1 Å². The molecule has 204 valence electrons. The quantitative estimate of drug-likeness (QED) is 0.425. The summed E-state index contributed by atoms with van der Waals surface area (Å²) >= 11 is 0. The van der Waals surface area contributed by atoms with Crippen LogP contribution in [0.5, 0.6) is 5.75 Å². The molecule has 1 saturated heterocycles. The van der Waals surface area contributed by atoms with Crippen molar-refractivity contribution in [3.05, 3.63) is 59.7 Å². The number of ether oxygens (including phenoxy) is 1. The third-order valence-electron chi connectivity index (χ3n) is 6.33. The van der Waals surface area contributed by atoms with Crippen LogP contribution in [0.4, 0.5) is 10.5 Å². The number of hydrogen-bond acceptors (Lipinski definition) is 8. The van der Waals surface area contributed by atoms with E-state index in [2.05, 4.69) is 36.1 Å². The van der Waals surface area contributed by atoms with Crippen LogP contribution in [-0.4, -0.2) is 81.2 Å². The first-order chi connectivity index (χ1) is 17.2. The molecule has 0 spiro atoms. The van der Waals surface area contributed by atoms with Crippen molar-refractivity contribution in [3.8, 4) is 5.75 Å². The largest absolute Gasteiger partial charge is 0.480 e. The number of carbonyl (C=O) groups is 2. The topological polar surface area (TPSA) is 162 Å². The van der Waals surface area contributed by atoms with E-state index in [0.29, 0.717) is 24.6 Å². The summed E-state index contributed by atoms with van der Waals surface area (Å²) in [5, 5.41) is 11.0. The van der Waals surface area contributed by atoms with E-state index in [1.54, 1.807) is 7.05 Å². The van der Waals surface area contributed by atoms with Gasteiger partial charge in [0, 0.05) is 31.7 Å². The molecule has 0 radical (unpaired) electrons. The summed E-state index contributed by atoms with van der Waals surface area (Å²) in [6.07, 6.45) is 2.17. The molecule has 2 aromatic carbocycles. The van der Waals surface area contributed by atoms with E-state index in [9.17, 15) is 18.0 Å². The van der Waals surface area contributed by atoms with E-state index in [1.165, 1.54) is 11.3 Å². The third kappa shape index (κ3) is 8.15. The minimum Gasteiger partial charge on any atom is -0.480 e. The van der Waals surface area contributed by atoms with E-state index in [4.69, 9.17) is 20.1 Å². The number of carboxylic acid groups (broad SMARTS) is 1. The Hall–Kier alpha value is -3.19. The number of nitrogens with one attached hydrogen (secondary N) is 1. The first-order valence-corrected chi connectivity index (χ1v) is 13.4. The molecule has 0 unspecified atom stereocenters. The Bertz CT molecular complexity index is 1180. The number of carbonyl (C=O) groups excluding carboxylic acids is 1. The van der Waals surface area contributed by atoms with Crippen molar-refractivity contribution in [2.75, 3.05) is 38.8 Å². The lowest BCUT2D eigenvalue weighted by atomic mass is 9.81. The van der Waals surface area contributed by atoms with Gasteiger partial charge < -0.3 is 25.8 Å². The van der Waals surface area contributed by atoms with Gasteiger partial charge in [-0.2, -0.15) is 8.42 Å². The highest BCUT2D eigenvalue weighted by Gasteiger charge is 2.52. The van der Waals surface area contributed by atoms with Gasteiger partial charge in [-0.1, -0.05) is 37.3 Å². The summed E-state index contributed by atoms with van der Waals surface area (Å²) < 4.78 is 31.1. The second-order valence-corrected chi connectivity index (χ2v) is 10.8. The van der Waals surface area contributed by atoms with E-state index < -0.39 is 28.2 Å². The molecule has 11 nitrogen and oxygen atoms in total. The molecule has 37 heavy (non-hydrogen) atoms. The number of fused-ring (bicyclic) bond motifs is 3. The molecular formula is C25H36N4O7S. The van der Waals surface area contributed by atoms with Crippen molar-refractivity contribution < 1.29 is 32.4 Å². The van der Waals surface area contributed by atoms with Crippen LogP contribution in [0.15, 0.2) is 48.5 Å². The van der Waals surface area contributed by atoms with Gasteiger partial charge >= 0.3 is 12.1 Å². The highest BCUT2D eigenvalue weighted by Crippen LogP contribution is 2.51. The fourth-order valence-corrected chi connectivity index (χ4v) is 4.73. The standard InChI is InChI=1S/C15H21N3O2.C9H11NO2.CH4O3S/c1-15-7-8-17(3)13(15)18(4)12-6-5-10(9-11(12)15)20-14(19)16-2;10-8(9(11)12)6-7-4-2-1-3-5-7;1-5(2,3)4/h5-6,9,13H,7-8H2,1-4H3,(H,16,19);1-5,8H,6,10H2,(H,11,12);1H3,(H,2,3,4)/t13-,15+;8-;/m10./s1. The van der Waals surface area contributed by atoms with E-state index in [1.807, 2.05) is 48.5 Å². The van der Waals surface area contributed by atoms with Gasteiger partial charge in [0.15, 0.2) is 0 Å². The second-order valence-electron chi connectivity index (χ2n) is 9.32. The molecule has 2 aromatic rings. The highest BCUT2D eigenvalue weighted by atomic mass is 32.2. The number of carboxylic acids is 1. The molecule has 4 rings (SSSR count). The number of hydrogen-bond donors (Lipinski definition) is 4. The van der Waals surface area contributed by atoms with Gasteiger partial charge in [-0.25, -0.2) is 4.79 Å². The zero-order chi connectivity index (χ0) is 28.0. The van der Waals surface area contributed by atoms with Crippen molar-refractivity contribution >= 4 is 27.9 Å². The number of nitrogens with zero attached hydrogens (tertiary/aromatic N) is 2. The maximum absolute atomic E-state index is 11.4. The molecule has 2 heterocycles. The molecule has 5 N–H and O–H groups in total. The second kappa shape index (κ2) is 12.4. The molecule has 2 aliphatic rings. The normalized spacial score (nSPS) is 20.8. The molecule has 3 atom stereocenters. The van der Waals surface area contributed by atoms with Crippen LogP contribution < -0.4 is 20.7 Å². The molecule has 2 aliphatic heterocycles. The van der Waals surface area contributed by atoms with Gasteiger partial charge in [-0.15, -0.1) is 0 Å². The van der Waals surface area contributed by atoms with Crippen LogP contribution in [0, 0.1) is 0 Å². The summed E-state index contributed by atoms with van der Waals surface area (Å²) in [4.78, 5) is 26.4. The Balaban J connectivity index is 0.000000241. The monoisotopic (exact) mass is 536 g/mol. The number of aliphatic carboxylic acids is 1. The molecule has 0 bridgehead atoms. The molecule has 0 aromatic heterocycles. The Kier molecular flexibility index (Phi) is 10.0. The highest BCUT2D eigenvalue weighted by molar-refractivity contribution is 7.85. The van der Waals surface area contributed by atoms with Gasteiger partial charge in [0.1, 0.15) is 11.8 Å². The lowest BCUT2D eigenvalue weighted by Gasteiger charge is -2.32. The van der Waals surface area contributed by atoms with Gasteiger partial charge in [-0.3, -0.25) is 14.2 Å². The molecule has 0 saturated carbocycles. The van der Waals surface area contributed by atoms with Crippen LogP contribution in [0.2, 0.25) is 0 Å². The van der Waals surface area contributed by atoms with E-state index >= 15 is 0 Å². The van der Waals surface area contributed by atoms with Crippen molar-refractivity contribution in [1.82, 2.24) is 10.2 Å². The summed E-state index contributed by atoms with van der Waals surface area (Å²) in [6, 6.07) is 14.5. The Morgan fingerprint density at radius 1 is 1.22 bits per heavy atom. The first-order valence-electron chi connectivity index (χ1n) is 11.6. The number of anilines is 1. The van der Waals surface area contributed by atoms with Crippen molar-refractivity contribution in [3.63, 3.8) is 0 Å². The van der Waals surface area contributed by atoms with Crippen molar-refractivity contribution in [2.45, 2.75) is 37.4 Å². The molecule has 1 amide bonds. The smallest absolute Gasteiger partial charge is 0.412 e. The third-order valence-corrected chi connectivity index (χ3v) is 6.33. The first kappa shape index (κ1) is 30.0. The average molecular weight is 537 g/mol. The van der Waals surface area contributed by atoms with Gasteiger partial charge in [0.05, 0.1) is 12.4 Å². The summed E-state index contributed by atoms with van der Waals surface area (Å²) in [5.74, 6) is -0.355. The van der Waals surface area contributed by atoms with Crippen molar-refractivity contribution in [2.24, 2.45) is 5.73 Å². The lowest BCUT2D eigenvalue weighted by molar-refractivity contribution is -0.138. The fourth-order valence-electron chi connectivity index (χ4n) is 4.73. The summed E-state index contributed by atoms with van der Waals surface area (Å²) in [5.41, 5.74) is 8.90. The Labute approximate surface area is 218 Å². The van der Waals surface area contributed by atoms with Crippen molar-refractivity contribution in [1.29, 1.82) is 0 Å². The minimum absolute atomic E-state index is 0.0981. The van der Waals surface area contributed by atoms with Crippen LogP contribution in [0.3, 0.4) is 0 Å². The molecule has 12 heteroatoms. The maximum atomic E-state index is 11.4. The number of benzene rings is 2. The Morgan fingerprint density at radius 3 is 2.35 bits per heavy atom. The summed E-state index contributed by atoms with van der Waals surface area (Å²) in [6.45, 7) is 3.39. The Morgan fingerprint density at radius 2 is 1.81 bits per heavy atom. The fraction of sp³-hybridized carbons (Fsp3) is 0.440. The predicted octanol–water partition coefficient (Wildman–Crippen LogP) is 1.92. The number of rotatable bonds is 4. The SMILES string of the molecule is CNC(=O)Oc1ccc2c(c1)[C@]1(C)CCN(C)[C@@H]1N2C.CS(=O)(=O)O.N[C@@H](Cc1ccccc1)C(=O)O. The van der Waals surface area contributed by atoms with Crippen LogP contribution >= 0.6 is 0 Å². The minimum atomic E-state index is -3.67. The number of likely N-dealkylation sites (N-methyl/N-ethyl adjacent to an activating group) is 2. The van der Waals surface area contributed by atoms with Crippen LogP contribution in [0.1, 0.15) is 24.5 Å². The molecule has 0 aliphatic carbocycles. The molecular weight excluding hydrogens is 500 g/mol. The summed E-state index contributed by atoms with van der Waals surface area (Å²) in [7, 11) is 2.20. The predicted molar refractivity (Wildman–Crippen MR) is 142 cm³/mol. The zero-order valence-corrected chi connectivity index (χ0v) is 22.5. The number of amides is 1. The average Bonchev–Trinajstić information content (AvgIpc) is 3.24. The van der Waals surface area contributed by atoms with E-state index in [-0.39, 0.29) is 5.41 Å². The van der Waals surface area contributed by atoms with Gasteiger partial charge in [0.2, 0.25) is 0 Å². The zero-order valence-electron chi connectivity index (χ0n) is 21.7. The number of likely N-dealkylation sites (tertiary alicyclic amines) is 1.